The Morgan fingerprint density at radius 1 is 1.10 bits per heavy atom. The van der Waals surface area contributed by atoms with E-state index in [1.54, 1.807) is 4.90 Å². The predicted molar refractivity (Wildman–Crippen MR) is 119 cm³/mol. The van der Waals surface area contributed by atoms with Gasteiger partial charge >= 0.3 is 0 Å². The summed E-state index contributed by atoms with van der Waals surface area (Å²) in [7, 11) is 0. The van der Waals surface area contributed by atoms with Crippen molar-refractivity contribution in [1.29, 1.82) is 0 Å². The van der Waals surface area contributed by atoms with E-state index in [1.807, 2.05) is 12.4 Å². The highest BCUT2D eigenvalue weighted by Crippen LogP contribution is 2.62. The van der Waals surface area contributed by atoms with Crippen LogP contribution in [0.15, 0.2) is 30.7 Å². The molecular formula is C24H31N6O+. The molecule has 7 nitrogen and oxygen atoms in total. The summed E-state index contributed by atoms with van der Waals surface area (Å²) in [5.41, 5.74) is 5.26. The van der Waals surface area contributed by atoms with E-state index >= 15 is 0 Å². The van der Waals surface area contributed by atoms with Gasteiger partial charge < -0.3 is 14.5 Å². The lowest BCUT2D eigenvalue weighted by Crippen LogP contribution is -3.18. The summed E-state index contributed by atoms with van der Waals surface area (Å²) in [6.45, 7) is 8.71. The van der Waals surface area contributed by atoms with Crippen LogP contribution in [0.2, 0.25) is 0 Å². The van der Waals surface area contributed by atoms with Gasteiger partial charge in [-0.1, -0.05) is 0 Å². The first-order chi connectivity index (χ1) is 15.2. The van der Waals surface area contributed by atoms with Crippen molar-refractivity contribution in [2.24, 2.45) is 5.92 Å². The molecule has 3 saturated carbocycles. The van der Waals surface area contributed by atoms with Crippen LogP contribution in [0.25, 0.3) is 16.6 Å². The second kappa shape index (κ2) is 6.56. The minimum Gasteiger partial charge on any atom is -0.375 e. The summed E-state index contributed by atoms with van der Waals surface area (Å²) in [5.74, 6) is 0.951. The zero-order valence-electron chi connectivity index (χ0n) is 18.3. The molecule has 5 aliphatic rings. The van der Waals surface area contributed by atoms with Gasteiger partial charge in [-0.3, -0.25) is 4.68 Å². The standard InChI is InChI=1S/C24H30N6O/c1-17-8-19-13-26-30(21-14-25-29(15-21)24-10-18(11-24)12-24)23(19)9-22(17)28-5-3-27(4-6-28)20-2-7-31-16-20/h8-9,13-15,18,20H,2-7,10-12,16H2,1H3/p+1. The fraction of sp³-hybridized carbons (Fsp3) is 0.583. The molecule has 7 heteroatoms. The van der Waals surface area contributed by atoms with E-state index in [9.17, 15) is 0 Å². The Kier molecular flexibility index (Phi) is 3.86. The fourth-order valence-corrected chi connectivity index (χ4v) is 6.42. The summed E-state index contributed by atoms with van der Waals surface area (Å²) < 4.78 is 9.90. The van der Waals surface area contributed by atoms with Crippen molar-refractivity contribution in [1.82, 2.24) is 19.6 Å². The lowest BCUT2D eigenvalue weighted by molar-refractivity contribution is -0.924. The van der Waals surface area contributed by atoms with E-state index in [0.29, 0.717) is 11.6 Å². The Bertz CT molecular complexity index is 1120. The van der Waals surface area contributed by atoms with Gasteiger partial charge in [0, 0.05) is 17.5 Å². The molecule has 0 radical (unpaired) electrons. The third kappa shape index (κ3) is 2.72. The largest absolute Gasteiger partial charge is 0.375 e. The number of fused-ring (bicyclic) bond motifs is 1. The van der Waals surface area contributed by atoms with Crippen molar-refractivity contribution in [3.05, 3.63) is 36.3 Å². The van der Waals surface area contributed by atoms with Gasteiger partial charge in [-0.2, -0.15) is 10.2 Å². The molecule has 0 amide bonds. The molecule has 8 rings (SSSR count). The van der Waals surface area contributed by atoms with Crippen LogP contribution < -0.4 is 9.80 Å². The van der Waals surface area contributed by atoms with Crippen LogP contribution in [0.4, 0.5) is 5.69 Å². The van der Waals surface area contributed by atoms with E-state index in [4.69, 9.17) is 14.9 Å². The minimum atomic E-state index is 0.319. The van der Waals surface area contributed by atoms with Crippen molar-refractivity contribution in [3.63, 3.8) is 0 Å². The molecule has 31 heavy (non-hydrogen) atoms. The van der Waals surface area contributed by atoms with Crippen molar-refractivity contribution in [2.75, 3.05) is 44.3 Å². The summed E-state index contributed by atoms with van der Waals surface area (Å²) >= 11 is 0. The Balaban J connectivity index is 1.17. The average molecular weight is 420 g/mol. The molecule has 2 saturated heterocycles. The van der Waals surface area contributed by atoms with Crippen LogP contribution in [-0.4, -0.2) is 65.0 Å². The molecule has 2 aliphatic heterocycles. The Morgan fingerprint density at radius 3 is 2.65 bits per heavy atom. The van der Waals surface area contributed by atoms with Crippen molar-refractivity contribution in [3.8, 4) is 5.69 Å². The van der Waals surface area contributed by atoms with Crippen LogP contribution >= 0.6 is 0 Å². The van der Waals surface area contributed by atoms with Gasteiger partial charge in [0.1, 0.15) is 11.7 Å². The van der Waals surface area contributed by atoms with Crippen molar-refractivity contribution >= 4 is 16.6 Å². The van der Waals surface area contributed by atoms with Gasteiger partial charge in [0.2, 0.25) is 0 Å². The summed E-state index contributed by atoms with van der Waals surface area (Å²) in [6, 6.07) is 5.34. The van der Waals surface area contributed by atoms with Gasteiger partial charge in [0.15, 0.2) is 0 Å². The predicted octanol–water partition coefficient (Wildman–Crippen LogP) is 1.53. The maximum absolute atomic E-state index is 5.62. The normalized spacial score (nSPS) is 30.5. The Morgan fingerprint density at radius 2 is 1.94 bits per heavy atom. The molecule has 0 spiro atoms. The number of hydrogen-bond acceptors (Lipinski definition) is 4. The fourth-order valence-electron chi connectivity index (χ4n) is 6.42. The number of rotatable bonds is 4. The lowest BCUT2D eigenvalue weighted by atomic mass is 9.50. The maximum Gasteiger partial charge on any atom is 0.113 e. The maximum atomic E-state index is 5.62. The van der Waals surface area contributed by atoms with E-state index < -0.39 is 0 Å². The number of nitrogens with zero attached hydrogens (tertiary/aromatic N) is 5. The number of hydrogen-bond donors (Lipinski definition) is 1. The highest BCUT2D eigenvalue weighted by atomic mass is 16.5. The molecule has 162 valence electrons. The SMILES string of the molecule is Cc1cc2cnn(-c3cnn(C45CC(C4)C5)c3)c2cc1N1CC[NH+](C2CCOC2)CC1. The quantitative estimate of drug-likeness (QED) is 0.697. The first-order valence-electron chi connectivity index (χ1n) is 11.9. The van der Waals surface area contributed by atoms with Crippen LogP contribution in [0.3, 0.4) is 0 Å². The van der Waals surface area contributed by atoms with E-state index in [2.05, 4.69) is 39.5 Å². The topological polar surface area (TPSA) is 52.5 Å². The molecule has 3 aromatic rings. The van der Waals surface area contributed by atoms with Crippen LogP contribution in [-0.2, 0) is 10.3 Å². The number of ether oxygens (including phenoxy) is 1. The first kappa shape index (κ1) is 18.2. The summed E-state index contributed by atoms with van der Waals surface area (Å²) in [6.07, 6.45) is 11.3. The highest BCUT2D eigenvalue weighted by Gasteiger charge is 2.58. The molecule has 5 fully saturated rings. The number of piperazine rings is 1. The van der Waals surface area contributed by atoms with Crippen LogP contribution in [0.1, 0.15) is 31.2 Å². The molecular weight excluding hydrogens is 388 g/mol. The van der Waals surface area contributed by atoms with Gasteiger partial charge in [-0.25, -0.2) is 4.68 Å². The number of aromatic nitrogens is 4. The van der Waals surface area contributed by atoms with Crippen molar-refractivity contribution in [2.45, 2.75) is 44.2 Å². The molecule has 2 bridgehead atoms. The van der Waals surface area contributed by atoms with Crippen LogP contribution in [0, 0.1) is 12.8 Å². The number of benzene rings is 1. The number of quaternary nitrogens is 1. The number of aryl methyl sites for hydroxylation is 1. The van der Waals surface area contributed by atoms with Gasteiger partial charge in [0.25, 0.3) is 0 Å². The van der Waals surface area contributed by atoms with E-state index in [-0.39, 0.29) is 0 Å². The van der Waals surface area contributed by atoms with Gasteiger partial charge in [-0.15, -0.1) is 0 Å². The molecule has 1 N–H and O–H groups in total. The smallest absolute Gasteiger partial charge is 0.113 e. The molecule has 4 heterocycles. The van der Waals surface area contributed by atoms with Crippen molar-refractivity contribution < 1.29 is 9.64 Å². The Hall–Kier alpha value is -2.38. The summed E-state index contributed by atoms with van der Waals surface area (Å²) in [4.78, 5) is 4.29. The lowest BCUT2D eigenvalue weighted by Gasteiger charge is -2.61. The average Bonchev–Trinajstić information content (AvgIpc) is 3.46. The highest BCUT2D eigenvalue weighted by molar-refractivity contribution is 5.85. The van der Waals surface area contributed by atoms with Crippen LogP contribution in [0.5, 0.6) is 0 Å². The van der Waals surface area contributed by atoms with Gasteiger partial charge in [0.05, 0.1) is 69.0 Å². The minimum absolute atomic E-state index is 0.319. The third-order valence-corrected chi connectivity index (χ3v) is 8.44. The number of anilines is 1. The van der Waals surface area contributed by atoms with E-state index in [1.165, 1.54) is 60.9 Å². The monoisotopic (exact) mass is 419 g/mol. The molecule has 3 aliphatic carbocycles. The summed E-state index contributed by atoms with van der Waals surface area (Å²) in [5, 5.41) is 10.7. The first-order valence-corrected chi connectivity index (χ1v) is 11.9. The molecule has 1 atom stereocenters. The third-order valence-electron chi connectivity index (χ3n) is 8.44. The van der Waals surface area contributed by atoms with Gasteiger partial charge in [-0.05, 0) is 49.8 Å². The number of nitrogens with one attached hydrogen (secondary N) is 1. The second-order valence-electron chi connectivity index (χ2n) is 10.3. The second-order valence-corrected chi connectivity index (χ2v) is 10.3. The molecule has 1 unspecified atom stereocenters. The zero-order valence-corrected chi connectivity index (χ0v) is 18.3. The molecule has 2 aromatic heterocycles. The zero-order chi connectivity index (χ0) is 20.6. The van der Waals surface area contributed by atoms with E-state index in [0.717, 1.165) is 37.9 Å². The molecule has 1 aromatic carbocycles. The Labute approximate surface area is 182 Å².